The molecular formula is C26H38N4O2. The fourth-order valence-corrected chi connectivity index (χ4v) is 4.18. The predicted octanol–water partition coefficient (Wildman–Crippen LogP) is 4.26. The zero-order valence-electron chi connectivity index (χ0n) is 20.7. The third-order valence-corrected chi connectivity index (χ3v) is 6.14. The van der Waals surface area contributed by atoms with Crippen molar-refractivity contribution in [2.75, 3.05) is 38.2 Å². The lowest BCUT2D eigenvalue weighted by molar-refractivity contribution is -0.134. The second kappa shape index (κ2) is 10.4. The van der Waals surface area contributed by atoms with Gasteiger partial charge in [0.2, 0.25) is 5.91 Å². The van der Waals surface area contributed by atoms with Crippen LogP contribution in [0.2, 0.25) is 0 Å². The van der Waals surface area contributed by atoms with Crippen LogP contribution < -0.4 is 4.90 Å². The number of benzene rings is 1. The van der Waals surface area contributed by atoms with E-state index in [2.05, 4.69) is 50.8 Å². The number of rotatable bonds is 7. The Morgan fingerprint density at radius 3 is 2.34 bits per heavy atom. The van der Waals surface area contributed by atoms with Crippen molar-refractivity contribution in [1.29, 1.82) is 0 Å². The Kier molecular flexibility index (Phi) is 7.88. The number of aryl methyl sites for hydroxylation is 2. The van der Waals surface area contributed by atoms with Gasteiger partial charge in [0.1, 0.15) is 11.6 Å². The summed E-state index contributed by atoms with van der Waals surface area (Å²) in [5, 5.41) is 0. The van der Waals surface area contributed by atoms with E-state index in [1.54, 1.807) is 7.11 Å². The van der Waals surface area contributed by atoms with Crippen LogP contribution >= 0.6 is 0 Å². The molecule has 1 aliphatic rings. The first-order valence-electron chi connectivity index (χ1n) is 11.7. The normalized spacial score (nSPS) is 14.5. The number of aromatic nitrogens is 2. The Balaban J connectivity index is 2.01. The standard InChI is InChI=1S/C26H38N4O2/c1-17(2)24-27-23(16-32-7)22(15-21-14-19(5)8-9-20(21)6)25(28-24)29-10-12-30(13-11-29)26(31)18(3)4/h8-9,14,17-18H,10-13,15-16H2,1-7H3. The fourth-order valence-electron chi connectivity index (χ4n) is 4.18. The van der Waals surface area contributed by atoms with E-state index in [0.717, 1.165) is 55.5 Å². The summed E-state index contributed by atoms with van der Waals surface area (Å²) in [5.41, 5.74) is 5.90. The number of carbonyl (C=O) groups excluding carboxylic acids is 1. The minimum absolute atomic E-state index is 0.0290. The summed E-state index contributed by atoms with van der Waals surface area (Å²) in [7, 11) is 1.72. The Bertz CT molecular complexity index is 947. The van der Waals surface area contributed by atoms with E-state index < -0.39 is 0 Å². The average Bonchev–Trinajstić information content (AvgIpc) is 2.76. The lowest BCUT2D eigenvalue weighted by Gasteiger charge is -2.37. The van der Waals surface area contributed by atoms with E-state index in [4.69, 9.17) is 14.7 Å². The zero-order valence-corrected chi connectivity index (χ0v) is 20.7. The molecule has 0 unspecified atom stereocenters. The molecule has 0 N–H and O–H groups in total. The van der Waals surface area contributed by atoms with Gasteiger partial charge in [-0.2, -0.15) is 0 Å². The van der Waals surface area contributed by atoms with E-state index in [0.29, 0.717) is 6.61 Å². The van der Waals surface area contributed by atoms with Crippen LogP contribution in [0.3, 0.4) is 0 Å². The maximum absolute atomic E-state index is 12.5. The topological polar surface area (TPSA) is 58.6 Å². The largest absolute Gasteiger partial charge is 0.378 e. The van der Waals surface area contributed by atoms with E-state index in [1.165, 1.54) is 16.7 Å². The first-order valence-corrected chi connectivity index (χ1v) is 11.7. The Morgan fingerprint density at radius 2 is 1.75 bits per heavy atom. The smallest absolute Gasteiger partial charge is 0.225 e. The summed E-state index contributed by atoms with van der Waals surface area (Å²) in [6.07, 6.45) is 0.769. The molecule has 2 heterocycles. The molecule has 1 aromatic carbocycles. The van der Waals surface area contributed by atoms with Gasteiger partial charge in [0.05, 0.1) is 12.3 Å². The lowest BCUT2D eigenvalue weighted by atomic mass is 9.97. The van der Waals surface area contributed by atoms with Gasteiger partial charge < -0.3 is 14.5 Å². The summed E-state index contributed by atoms with van der Waals surface area (Å²) in [5.74, 6) is 2.32. The van der Waals surface area contributed by atoms with Crippen molar-refractivity contribution in [2.24, 2.45) is 5.92 Å². The first kappa shape index (κ1) is 24.2. The summed E-state index contributed by atoms with van der Waals surface area (Å²) in [6.45, 7) is 15.9. The molecule has 1 aliphatic heterocycles. The number of anilines is 1. The number of amides is 1. The number of hydrogen-bond acceptors (Lipinski definition) is 5. The monoisotopic (exact) mass is 438 g/mol. The van der Waals surface area contributed by atoms with Gasteiger partial charge in [-0.1, -0.05) is 51.5 Å². The highest BCUT2D eigenvalue weighted by Crippen LogP contribution is 2.29. The first-order chi connectivity index (χ1) is 15.2. The van der Waals surface area contributed by atoms with E-state index in [1.807, 2.05) is 18.7 Å². The maximum atomic E-state index is 12.5. The summed E-state index contributed by atoms with van der Waals surface area (Å²) < 4.78 is 5.55. The molecule has 6 heteroatoms. The van der Waals surface area contributed by atoms with Crippen LogP contribution in [-0.2, 0) is 22.6 Å². The molecular weight excluding hydrogens is 400 g/mol. The molecule has 0 spiro atoms. The van der Waals surface area contributed by atoms with E-state index >= 15 is 0 Å². The molecule has 1 amide bonds. The van der Waals surface area contributed by atoms with Crippen LogP contribution in [0.5, 0.6) is 0 Å². The van der Waals surface area contributed by atoms with E-state index in [9.17, 15) is 4.79 Å². The van der Waals surface area contributed by atoms with Crippen LogP contribution in [0.1, 0.15) is 67.4 Å². The number of piperazine rings is 1. The van der Waals surface area contributed by atoms with Gasteiger partial charge in [-0.25, -0.2) is 9.97 Å². The summed E-state index contributed by atoms with van der Waals surface area (Å²) >= 11 is 0. The van der Waals surface area contributed by atoms with Crippen molar-refractivity contribution in [3.8, 4) is 0 Å². The van der Waals surface area contributed by atoms with Gasteiger partial charge in [-0.3, -0.25) is 4.79 Å². The molecule has 1 saturated heterocycles. The minimum atomic E-state index is 0.0290. The molecule has 0 saturated carbocycles. The predicted molar refractivity (Wildman–Crippen MR) is 129 cm³/mol. The van der Waals surface area contributed by atoms with E-state index in [-0.39, 0.29) is 17.7 Å². The van der Waals surface area contributed by atoms with Crippen molar-refractivity contribution in [2.45, 2.75) is 60.5 Å². The number of nitrogens with zero attached hydrogens (tertiary/aromatic N) is 4. The third kappa shape index (κ3) is 5.47. The van der Waals surface area contributed by atoms with Gasteiger partial charge in [0.15, 0.2) is 0 Å². The molecule has 174 valence electrons. The quantitative estimate of drug-likeness (QED) is 0.647. The average molecular weight is 439 g/mol. The highest BCUT2D eigenvalue weighted by Gasteiger charge is 2.27. The molecule has 0 radical (unpaired) electrons. The number of ether oxygens (including phenoxy) is 1. The zero-order chi connectivity index (χ0) is 23.4. The lowest BCUT2D eigenvalue weighted by Crippen LogP contribution is -2.50. The van der Waals surface area contributed by atoms with Crippen LogP contribution in [0, 0.1) is 19.8 Å². The van der Waals surface area contributed by atoms with Gasteiger partial charge in [-0.05, 0) is 25.0 Å². The molecule has 0 bridgehead atoms. The molecule has 2 aromatic rings. The molecule has 3 rings (SSSR count). The summed E-state index contributed by atoms with van der Waals surface area (Å²) in [6, 6.07) is 6.59. The minimum Gasteiger partial charge on any atom is -0.378 e. The van der Waals surface area contributed by atoms with Crippen molar-refractivity contribution in [3.05, 3.63) is 52.0 Å². The van der Waals surface area contributed by atoms with Crippen molar-refractivity contribution in [3.63, 3.8) is 0 Å². The molecule has 1 aromatic heterocycles. The second-order valence-corrected chi connectivity index (χ2v) is 9.49. The maximum Gasteiger partial charge on any atom is 0.225 e. The van der Waals surface area contributed by atoms with Crippen LogP contribution in [0.25, 0.3) is 0 Å². The summed E-state index contributed by atoms with van der Waals surface area (Å²) in [4.78, 5) is 26.7. The Morgan fingerprint density at radius 1 is 1.06 bits per heavy atom. The van der Waals surface area contributed by atoms with Gasteiger partial charge in [-0.15, -0.1) is 0 Å². The van der Waals surface area contributed by atoms with Crippen molar-refractivity contribution < 1.29 is 9.53 Å². The number of hydrogen-bond donors (Lipinski definition) is 0. The second-order valence-electron chi connectivity index (χ2n) is 9.49. The Hall–Kier alpha value is -2.47. The van der Waals surface area contributed by atoms with Crippen LogP contribution in [-0.4, -0.2) is 54.1 Å². The molecule has 1 fully saturated rings. The third-order valence-electron chi connectivity index (χ3n) is 6.14. The van der Waals surface area contributed by atoms with Crippen molar-refractivity contribution >= 4 is 11.7 Å². The van der Waals surface area contributed by atoms with Gasteiger partial charge in [0.25, 0.3) is 0 Å². The SMILES string of the molecule is COCc1nc(C(C)C)nc(N2CCN(C(=O)C(C)C)CC2)c1Cc1cc(C)ccc1C. The fraction of sp³-hybridized carbons (Fsp3) is 0.577. The highest BCUT2D eigenvalue weighted by molar-refractivity contribution is 5.78. The molecule has 6 nitrogen and oxygen atoms in total. The number of carbonyl (C=O) groups is 1. The number of methoxy groups -OCH3 is 1. The van der Waals surface area contributed by atoms with Gasteiger partial charge in [0, 0.05) is 57.1 Å². The van der Waals surface area contributed by atoms with Crippen LogP contribution in [0.15, 0.2) is 18.2 Å². The molecule has 0 aliphatic carbocycles. The van der Waals surface area contributed by atoms with Gasteiger partial charge >= 0.3 is 0 Å². The Labute approximate surface area is 193 Å². The van der Waals surface area contributed by atoms with Crippen LogP contribution in [0.4, 0.5) is 5.82 Å². The molecule has 0 atom stereocenters. The highest BCUT2D eigenvalue weighted by atomic mass is 16.5. The molecule has 32 heavy (non-hydrogen) atoms. The van der Waals surface area contributed by atoms with Crippen molar-refractivity contribution in [1.82, 2.24) is 14.9 Å².